The topological polar surface area (TPSA) is 30.7 Å². The summed E-state index contributed by atoms with van der Waals surface area (Å²) in [5, 5.41) is 1.02. The molecule has 2 unspecified atom stereocenters. The largest absolute Gasteiger partial charge is 0.323 e. The van der Waals surface area contributed by atoms with Crippen molar-refractivity contribution in [1.82, 2.24) is 14.5 Å². The minimum Gasteiger partial charge on any atom is -0.323 e. The number of para-hydroxylation sites is 1. The Hall–Kier alpha value is -1.61. The molecule has 0 fully saturated rings. The third-order valence-electron chi connectivity index (χ3n) is 3.84. The highest BCUT2D eigenvalue weighted by Crippen LogP contribution is 2.32. The lowest BCUT2D eigenvalue weighted by molar-refractivity contribution is 0.523. The van der Waals surface area contributed by atoms with Gasteiger partial charge in [0.05, 0.1) is 22.6 Å². The van der Waals surface area contributed by atoms with E-state index in [-0.39, 0.29) is 5.38 Å². The normalized spacial score (nSPS) is 14.8. The van der Waals surface area contributed by atoms with Crippen molar-refractivity contribution in [2.75, 3.05) is 0 Å². The first-order valence-electron chi connectivity index (χ1n) is 7.03. The van der Waals surface area contributed by atoms with Crippen molar-refractivity contribution in [3.8, 4) is 0 Å². The highest BCUT2D eigenvalue weighted by atomic mass is 35.5. The minimum atomic E-state index is -0.116. The van der Waals surface area contributed by atoms with Crippen LogP contribution in [0.2, 0.25) is 0 Å². The summed E-state index contributed by atoms with van der Waals surface area (Å²) in [5.41, 5.74) is 3.07. The van der Waals surface area contributed by atoms with Gasteiger partial charge in [0.15, 0.2) is 0 Å². The van der Waals surface area contributed by atoms with Crippen LogP contribution in [0.3, 0.4) is 0 Å². The van der Waals surface area contributed by atoms with Crippen LogP contribution < -0.4 is 0 Å². The summed E-state index contributed by atoms with van der Waals surface area (Å²) in [6, 6.07) is 8.56. The summed E-state index contributed by atoms with van der Waals surface area (Å²) < 4.78 is 2.27. The van der Waals surface area contributed by atoms with Gasteiger partial charge in [-0.05, 0) is 26.3 Å². The molecule has 2 heterocycles. The Bertz CT molecular complexity index is 761. The molecule has 0 saturated heterocycles. The fourth-order valence-electron chi connectivity index (χ4n) is 2.65. The number of halogens is 1. The third-order valence-corrected chi connectivity index (χ3v) is 4.03. The third kappa shape index (κ3) is 1.97. The Labute approximate surface area is 123 Å². The zero-order chi connectivity index (χ0) is 14.3. The number of hydrogen-bond acceptors (Lipinski definition) is 2. The number of aromatic nitrogens is 3. The van der Waals surface area contributed by atoms with E-state index >= 15 is 0 Å². The molecule has 3 rings (SSSR count). The lowest BCUT2D eigenvalue weighted by Gasteiger charge is -2.17. The summed E-state index contributed by atoms with van der Waals surface area (Å²) in [6.07, 6.45) is 2.89. The van der Waals surface area contributed by atoms with Crippen LogP contribution in [0.1, 0.15) is 44.4 Å². The van der Waals surface area contributed by atoms with Gasteiger partial charge in [-0.25, -0.2) is 4.98 Å². The number of imidazole rings is 1. The molecule has 3 nitrogen and oxygen atoms in total. The Balaban J connectivity index is 2.46. The van der Waals surface area contributed by atoms with Crippen LogP contribution in [-0.2, 0) is 0 Å². The maximum atomic E-state index is 6.33. The number of benzene rings is 1. The summed E-state index contributed by atoms with van der Waals surface area (Å²) in [5.74, 6) is 0.925. The summed E-state index contributed by atoms with van der Waals surface area (Å²) in [4.78, 5) is 9.19. The molecule has 0 radical (unpaired) electrons. The maximum Gasteiger partial charge on any atom is 0.128 e. The molecule has 1 aromatic carbocycles. The van der Waals surface area contributed by atoms with Crippen molar-refractivity contribution < 1.29 is 0 Å². The fraction of sp³-hybridized carbons (Fsp3) is 0.375. The van der Waals surface area contributed by atoms with Crippen molar-refractivity contribution in [3.05, 3.63) is 36.3 Å². The quantitative estimate of drug-likeness (QED) is 0.644. The number of rotatable bonds is 3. The Morgan fingerprint density at radius 1 is 1.20 bits per heavy atom. The molecule has 0 aliphatic heterocycles. The zero-order valence-electron chi connectivity index (χ0n) is 12.0. The molecule has 0 amide bonds. The van der Waals surface area contributed by atoms with Crippen molar-refractivity contribution in [3.63, 3.8) is 0 Å². The standard InChI is InChI=1S/C16H18ClN3/c1-4-10(2)20-15-12-7-5-6-8-13(12)18-9-14(15)19-16(20)11(3)17/h5-11H,4H2,1-3H3. The molecular weight excluding hydrogens is 270 g/mol. The molecule has 0 bridgehead atoms. The second kappa shape index (κ2) is 5.06. The van der Waals surface area contributed by atoms with Gasteiger partial charge in [0.1, 0.15) is 11.3 Å². The van der Waals surface area contributed by atoms with Crippen molar-refractivity contribution in [1.29, 1.82) is 0 Å². The van der Waals surface area contributed by atoms with Gasteiger partial charge in [-0.1, -0.05) is 25.1 Å². The predicted molar refractivity (Wildman–Crippen MR) is 84.3 cm³/mol. The molecule has 20 heavy (non-hydrogen) atoms. The first kappa shape index (κ1) is 13.4. The monoisotopic (exact) mass is 287 g/mol. The first-order valence-corrected chi connectivity index (χ1v) is 7.46. The number of alkyl halides is 1. The number of nitrogens with zero attached hydrogens (tertiary/aromatic N) is 3. The van der Waals surface area contributed by atoms with Gasteiger partial charge in [-0.3, -0.25) is 4.98 Å². The van der Waals surface area contributed by atoms with Gasteiger partial charge in [0.25, 0.3) is 0 Å². The molecular formula is C16H18ClN3. The average molecular weight is 288 g/mol. The van der Waals surface area contributed by atoms with Gasteiger partial charge in [0.2, 0.25) is 0 Å². The van der Waals surface area contributed by atoms with E-state index in [9.17, 15) is 0 Å². The van der Waals surface area contributed by atoms with E-state index in [0.717, 1.165) is 34.2 Å². The summed E-state index contributed by atoms with van der Waals surface area (Å²) in [7, 11) is 0. The van der Waals surface area contributed by atoms with Crippen LogP contribution in [0.25, 0.3) is 21.9 Å². The van der Waals surface area contributed by atoms with E-state index in [1.54, 1.807) is 0 Å². The SMILES string of the molecule is CCC(C)n1c(C(C)Cl)nc2cnc3ccccc3c21. The van der Waals surface area contributed by atoms with Gasteiger partial charge in [0, 0.05) is 11.4 Å². The fourth-order valence-corrected chi connectivity index (χ4v) is 2.81. The predicted octanol–water partition coefficient (Wildman–Crippen LogP) is 4.86. The molecule has 3 aromatic rings. The molecule has 0 spiro atoms. The van der Waals surface area contributed by atoms with E-state index in [4.69, 9.17) is 16.6 Å². The van der Waals surface area contributed by atoms with Crippen molar-refractivity contribution >= 4 is 33.5 Å². The van der Waals surface area contributed by atoms with Crippen LogP contribution >= 0.6 is 11.6 Å². The van der Waals surface area contributed by atoms with E-state index in [1.807, 2.05) is 31.3 Å². The second-order valence-electron chi connectivity index (χ2n) is 5.22. The van der Waals surface area contributed by atoms with Crippen LogP contribution in [0.4, 0.5) is 0 Å². The Morgan fingerprint density at radius 2 is 1.95 bits per heavy atom. The molecule has 104 valence electrons. The van der Waals surface area contributed by atoms with Crippen LogP contribution in [0, 0.1) is 0 Å². The summed E-state index contributed by atoms with van der Waals surface area (Å²) in [6.45, 7) is 6.36. The molecule has 0 N–H and O–H groups in total. The number of hydrogen-bond donors (Lipinski definition) is 0. The van der Waals surface area contributed by atoms with E-state index < -0.39 is 0 Å². The average Bonchev–Trinajstić information content (AvgIpc) is 2.86. The van der Waals surface area contributed by atoms with Crippen LogP contribution in [0.5, 0.6) is 0 Å². The van der Waals surface area contributed by atoms with Crippen molar-refractivity contribution in [2.45, 2.75) is 38.6 Å². The molecule has 4 heteroatoms. The first-order chi connectivity index (χ1) is 9.63. The van der Waals surface area contributed by atoms with E-state index in [1.165, 1.54) is 0 Å². The van der Waals surface area contributed by atoms with Gasteiger partial charge in [-0.15, -0.1) is 11.6 Å². The lowest BCUT2D eigenvalue weighted by atomic mass is 10.1. The van der Waals surface area contributed by atoms with E-state index in [0.29, 0.717) is 6.04 Å². The number of pyridine rings is 1. The molecule has 2 atom stereocenters. The zero-order valence-corrected chi connectivity index (χ0v) is 12.7. The van der Waals surface area contributed by atoms with Gasteiger partial charge >= 0.3 is 0 Å². The molecule has 0 saturated carbocycles. The second-order valence-corrected chi connectivity index (χ2v) is 5.88. The lowest BCUT2D eigenvalue weighted by Crippen LogP contribution is -2.09. The van der Waals surface area contributed by atoms with Gasteiger partial charge in [-0.2, -0.15) is 0 Å². The minimum absolute atomic E-state index is 0.116. The van der Waals surface area contributed by atoms with Crippen molar-refractivity contribution in [2.24, 2.45) is 0 Å². The smallest absolute Gasteiger partial charge is 0.128 e. The molecule has 0 aliphatic rings. The summed E-state index contributed by atoms with van der Waals surface area (Å²) >= 11 is 6.33. The van der Waals surface area contributed by atoms with E-state index in [2.05, 4.69) is 29.5 Å². The highest BCUT2D eigenvalue weighted by molar-refractivity contribution is 6.20. The highest BCUT2D eigenvalue weighted by Gasteiger charge is 2.20. The van der Waals surface area contributed by atoms with Crippen LogP contribution in [-0.4, -0.2) is 14.5 Å². The Kier molecular flexibility index (Phi) is 3.38. The van der Waals surface area contributed by atoms with Crippen LogP contribution in [0.15, 0.2) is 30.5 Å². The van der Waals surface area contributed by atoms with Gasteiger partial charge < -0.3 is 4.57 Å². The Morgan fingerprint density at radius 3 is 2.65 bits per heavy atom. The molecule has 0 aliphatic carbocycles. The molecule has 2 aromatic heterocycles. The number of fused-ring (bicyclic) bond motifs is 3. The maximum absolute atomic E-state index is 6.33.